The van der Waals surface area contributed by atoms with Gasteiger partial charge in [0, 0.05) is 10.7 Å². The van der Waals surface area contributed by atoms with Crippen LogP contribution in [0.3, 0.4) is 0 Å². The molecule has 3 aromatic rings. The van der Waals surface area contributed by atoms with E-state index in [4.69, 9.17) is 16.3 Å². The van der Waals surface area contributed by atoms with Crippen molar-refractivity contribution in [1.82, 2.24) is 5.43 Å². The van der Waals surface area contributed by atoms with E-state index < -0.39 is 17.7 Å². The number of para-hydroxylation sites is 1. The second-order valence-corrected chi connectivity index (χ2v) is 7.10. The van der Waals surface area contributed by atoms with Gasteiger partial charge in [0.15, 0.2) is 0 Å². The van der Waals surface area contributed by atoms with Crippen LogP contribution >= 0.6 is 11.6 Å². The van der Waals surface area contributed by atoms with Crippen LogP contribution in [-0.2, 0) is 9.59 Å². The molecule has 0 heterocycles. The maximum absolute atomic E-state index is 12.7. The number of halogens is 1. The number of nitrogens with one attached hydrogen (secondary N) is 3. The third-order valence-electron chi connectivity index (χ3n) is 4.30. The van der Waals surface area contributed by atoms with Crippen LogP contribution < -0.4 is 20.8 Å². The van der Waals surface area contributed by atoms with Crippen LogP contribution in [0.1, 0.15) is 22.8 Å². The van der Waals surface area contributed by atoms with Crippen LogP contribution in [0.25, 0.3) is 0 Å². The molecule has 0 saturated carbocycles. The number of amides is 3. The Kier molecular flexibility index (Phi) is 8.15. The summed E-state index contributed by atoms with van der Waals surface area (Å²) in [5.41, 5.74) is 3.76. The first-order chi connectivity index (χ1) is 16.0. The quantitative estimate of drug-likeness (QED) is 0.278. The molecule has 3 amide bonds. The van der Waals surface area contributed by atoms with Gasteiger partial charge in [-0.2, -0.15) is 5.10 Å². The zero-order valence-electron chi connectivity index (χ0n) is 17.7. The molecule has 3 N–H and O–H groups in total. The molecule has 33 heavy (non-hydrogen) atoms. The number of anilines is 2. The average Bonchev–Trinajstić information content (AvgIpc) is 2.82. The van der Waals surface area contributed by atoms with Crippen LogP contribution in [-0.4, -0.2) is 30.5 Å². The van der Waals surface area contributed by atoms with Crippen LogP contribution in [0.15, 0.2) is 77.9 Å². The molecule has 3 rings (SSSR count). The summed E-state index contributed by atoms with van der Waals surface area (Å²) in [5, 5.41) is 9.50. The van der Waals surface area contributed by atoms with Crippen LogP contribution in [0.2, 0.25) is 5.02 Å². The predicted octanol–water partition coefficient (Wildman–Crippen LogP) is 4.08. The summed E-state index contributed by atoms with van der Waals surface area (Å²) in [4.78, 5) is 37.1. The Bertz CT molecular complexity index is 1160. The monoisotopic (exact) mass is 464 g/mol. The van der Waals surface area contributed by atoms with E-state index in [0.717, 1.165) is 0 Å². The van der Waals surface area contributed by atoms with Gasteiger partial charge in [-0.05, 0) is 61.0 Å². The van der Waals surface area contributed by atoms with E-state index >= 15 is 0 Å². The molecule has 0 aliphatic heterocycles. The highest BCUT2D eigenvalue weighted by atomic mass is 35.5. The lowest BCUT2D eigenvalue weighted by Gasteiger charge is -2.11. The normalized spacial score (nSPS) is 10.5. The number of rotatable bonds is 7. The Morgan fingerprint density at radius 3 is 2.30 bits per heavy atom. The molecule has 9 heteroatoms. The van der Waals surface area contributed by atoms with Gasteiger partial charge in [-0.1, -0.05) is 35.9 Å². The number of nitrogens with zero attached hydrogens (tertiary/aromatic N) is 1. The van der Waals surface area contributed by atoms with Crippen LogP contribution in [0.5, 0.6) is 5.75 Å². The molecule has 0 radical (unpaired) electrons. The van der Waals surface area contributed by atoms with Gasteiger partial charge in [0.2, 0.25) is 0 Å². The Morgan fingerprint density at radius 2 is 1.61 bits per heavy atom. The standard InChI is InChI=1S/C24H21ClN4O4/c1-2-33-19-13-11-18(12-14-19)27-22(30)20-5-3-4-6-21(20)28-23(31)24(32)29-26-15-16-7-9-17(25)10-8-16/h3-15H,2H2,1H3,(H,27,30)(H,28,31)(H,29,32)/b26-15+. The highest BCUT2D eigenvalue weighted by Crippen LogP contribution is 2.19. The summed E-state index contributed by atoms with van der Waals surface area (Å²) < 4.78 is 5.38. The molecule has 168 valence electrons. The lowest BCUT2D eigenvalue weighted by Crippen LogP contribution is -2.33. The lowest BCUT2D eigenvalue weighted by atomic mass is 10.1. The summed E-state index contributed by atoms with van der Waals surface area (Å²) in [6.45, 7) is 2.42. The van der Waals surface area contributed by atoms with E-state index in [1.54, 1.807) is 60.7 Å². The second-order valence-electron chi connectivity index (χ2n) is 6.66. The molecule has 0 fully saturated rings. The second kappa shape index (κ2) is 11.4. The molecule has 0 spiro atoms. The fourth-order valence-electron chi connectivity index (χ4n) is 2.73. The van der Waals surface area contributed by atoms with Crippen molar-refractivity contribution in [3.8, 4) is 5.75 Å². The van der Waals surface area contributed by atoms with E-state index in [9.17, 15) is 14.4 Å². The van der Waals surface area contributed by atoms with Gasteiger partial charge in [-0.25, -0.2) is 5.43 Å². The smallest absolute Gasteiger partial charge is 0.329 e. The number of carbonyl (C=O) groups excluding carboxylic acids is 3. The van der Waals surface area contributed by atoms with Crippen molar-refractivity contribution in [2.24, 2.45) is 5.10 Å². The van der Waals surface area contributed by atoms with E-state index in [-0.39, 0.29) is 11.3 Å². The van der Waals surface area contributed by atoms with Crippen molar-refractivity contribution in [3.05, 3.63) is 88.9 Å². The highest BCUT2D eigenvalue weighted by Gasteiger charge is 2.17. The van der Waals surface area contributed by atoms with E-state index in [1.165, 1.54) is 18.3 Å². The molecule has 0 bridgehead atoms. The Morgan fingerprint density at radius 1 is 0.909 bits per heavy atom. The molecule has 0 aliphatic rings. The third kappa shape index (κ3) is 6.91. The van der Waals surface area contributed by atoms with E-state index in [0.29, 0.717) is 28.6 Å². The van der Waals surface area contributed by atoms with Crippen molar-refractivity contribution >= 4 is 46.9 Å². The minimum Gasteiger partial charge on any atom is -0.494 e. The minimum atomic E-state index is -0.984. The van der Waals surface area contributed by atoms with Crippen LogP contribution in [0, 0.1) is 0 Å². The lowest BCUT2D eigenvalue weighted by molar-refractivity contribution is -0.136. The van der Waals surface area contributed by atoms with Gasteiger partial charge in [0.25, 0.3) is 5.91 Å². The summed E-state index contributed by atoms with van der Waals surface area (Å²) in [6.07, 6.45) is 1.37. The molecule has 0 aliphatic carbocycles. The van der Waals surface area contributed by atoms with Crippen molar-refractivity contribution in [1.29, 1.82) is 0 Å². The Balaban J connectivity index is 1.61. The molecule has 0 saturated heterocycles. The number of ether oxygens (including phenoxy) is 1. The van der Waals surface area contributed by atoms with Gasteiger partial charge in [0.05, 0.1) is 24.1 Å². The van der Waals surface area contributed by atoms with Crippen molar-refractivity contribution in [3.63, 3.8) is 0 Å². The van der Waals surface area contributed by atoms with Gasteiger partial charge in [-0.3, -0.25) is 14.4 Å². The average molecular weight is 465 g/mol. The molecule has 8 nitrogen and oxygen atoms in total. The number of benzene rings is 3. The van der Waals surface area contributed by atoms with E-state index in [1.807, 2.05) is 6.92 Å². The molecule has 0 atom stereocenters. The first kappa shape index (κ1) is 23.5. The Labute approximate surface area is 195 Å². The summed E-state index contributed by atoms with van der Waals surface area (Å²) in [5.74, 6) is -1.71. The van der Waals surface area contributed by atoms with Crippen LogP contribution in [0.4, 0.5) is 11.4 Å². The molecule has 3 aromatic carbocycles. The van der Waals surface area contributed by atoms with Gasteiger partial charge in [0.1, 0.15) is 5.75 Å². The zero-order valence-corrected chi connectivity index (χ0v) is 18.4. The molecular weight excluding hydrogens is 444 g/mol. The summed E-state index contributed by atoms with van der Waals surface area (Å²) in [7, 11) is 0. The number of hydrogen-bond donors (Lipinski definition) is 3. The van der Waals surface area contributed by atoms with Gasteiger partial charge < -0.3 is 15.4 Å². The number of hydrogen-bond acceptors (Lipinski definition) is 5. The fraction of sp³-hybridized carbons (Fsp3) is 0.0833. The zero-order chi connectivity index (χ0) is 23.6. The van der Waals surface area contributed by atoms with Crippen molar-refractivity contribution in [2.75, 3.05) is 17.2 Å². The molecule has 0 aromatic heterocycles. The summed E-state index contributed by atoms with van der Waals surface area (Å²) >= 11 is 5.81. The first-order valence-electron chi connectivity index (χ1n) is 9.99. The fourth-order valence-corrected chi connectivity index (χ4v) is 2.86. The molecular formula is C24H21ClN4O4. The highest BCUT2D eigenvalue weighted by molar-refractivity contribution is 6.40. The summed E-state index contributed by atoms with van der Waals surface area (Å²) in [6, 6.07) is 20.0. The first-order valence-corrected chi connectivity index (χ1v) is 10.4. The number of hydrazone groups is 1. The maximum atomic E-state index is 12.7. The topological polar surface area (TPSA) is 109 Å². The largest absolute Gasteiger partial charge is 0.494 e. The Hall–Kier alpha value is -4.17. The minimum absolute atomic E-state index is 0.183. The van der Waals surface area contributed by atoms with Gasteiger partial charge >= 0.3 is 11.8 Å². The molecule has 0 unspecified atom stereocenters. The van der Waals surface area contributed by atoms with Crippen molar-refractivity contribution in [2.45, 2.75) is 6.92 Å². The SMILES string of the molecule is CCOc1ccc(NC(=O)c2ccccc2NC(=O)C(=O)N/N=C/c2ccc(Cl)cc2)cc1. The van der Waals surface area contributed by atoms with E-state index in [2.05, 4.69) is 21.2 Å². The van der Waals surface area contributed by atoms with Crippen molar-refractivity contribution < 1.29 is 19.1 Å². The number of carbonyl (C=O) groups is 3. The predicted molar refractivity (Wildman–Crippen MR) is 128 cm³/mol. The third-order valence-corrected chi connectivity index (χ3v) is 4.55. The maximum Gasteiger partial charge on any atom is 0.329 e. The van der Waals surface area contributed by atoms with Gasteiger partial charge in [-0.15, -0.1) is 0 Å².